The van der Waals surface area contributed by atoms with E-state index in [4.69, 9.17) is 4.74 Å². The Morgan fingerprint density at radius 1 is 1.33 bits per heavy atom. The topological polar surface area (TPSA) is 84.1 Å². The number of nitrogens with one attached hydrogen (secondary N) is 2. The van der Waals surface area contributed by atoms with Crippen LogP contribution in [0.25, 0.3) is 0 Å². The first-order valence-corrected chi connectivity index (χ1v) is 8.79. The number of aromatic nitrogens is 2. The first kappa shape index (κ1) is 18.1. The summed E-state index contributed by atoms with van der Waals surface area (Å²) in [6.45, 7) is 6.30. The van der Waals surface area contributed by atoms with Crippen LogP contribution in [0.3, 0.4) is 0 Å². The molecule has 6 nitrogen and oxygen atoms in total. The number of thioether (sulfide) groups is 1. The second-order valence-electron chi connectivity index (χ2n) is 5.37. The summed E-state index contributed by atoms with van der Waals surface area (Å²) in [7, 11) is 0. The molecular formula is C17H21N3O3S. The van der Waals surface area contributed by atoms with Gasteiger partial charge in [0.25, 0.3) is 5.56 Å². The molecule has 0 saturated heterocycles. The van der Waals surface area contributed by atoms with Crippen molar-refractivity contribution in [2.45, 2.75) is 31.8 Å². The summed E-state index contributed by atoms with van der Waals surface area (Å²) in [5, 5.41) is 3.51. The number of rotatable bonds is 7. The van der Waals surface area contributed by atoms with E-state index in [-0.39, 0.29) is 11.5 Å². The minimum atomic E-state index is -0.358. The van der Waals surface area contributed by atoms with Gasteiger partial charge in [0.05, 0.1) is 17.9 Å². The van der Waals surface area contributed by atoms with Gasteiger partial charge in [0.15, 0.2) is 0 Å². The number of benzene rings is 1. The molecule has 0 radical (unpaired) electrons. The first-order valence-electron chi connectivity index (χ1n) is 7.74. The Kier molecular flexibility index (Phi) is 6.43. The SMILES string of the molecule is CCOC(=O)c1ccc(Nc2nc(CSC(C)C)cc(=O)[nH]2)cc1. The van der Waals surface area contributed by atoms with E-state index in [0.29, 0.717) is 29.1 Å². The van der Waals surface area contributed by atoms with Crippen molar-refractivity contribution in [3.05, 3.63) is 51.9 Å². The average molecular weight is 347 g/mol. The van der Waals surface area contributed by atoms with E-state index in [1.165, 1.54) is 6.07 Å². The smallest absolute Gasteiger partial charge is 0.338 e. The molecule has 128 valence electrons. The van der Waals surface area contributed by atoms with Crippen LogP contribution >= 0.6 is 11.8 Å². The molecule has 2 aromatic rings. The first-order chi connectivity index (χ1) is 11.5. The van der Waals surface area contributed by atoms with E-state index in [1.807, 2.05) is 0 Å². The number of anilines is 2. The number of aromatic amines is 1. The molecule has 0 fully saturated rings. The van der Waals surface area contributed by atoms with Gasteiger partial charge in [-0.15, -0.1) is 0 Å². The van der Waals surface area contributed by atoms with Crippen molar-refractivity contribution in [1.82, 2.24) is 9.97 Å². The number of nitrogens with zero attached hydrogens (tertiary/aromatic N) is 1. The van der Waals surface area contributed by atoms with Gasteiger partial charge in [0.2, 0.25) is 5.95 Å². The van der Waals surface area contributed by atoms with E-state index >= 15 is 0 Å². The standard InChI is InChI=1S/C17H21N3O3S/c1-4-23-16(22)12-5-7-13(8-6-12)18-17-19-14(9-15(21)20-17)10-24-11(2)3/h5-9,11H,4,10H2,1-3H3,(H2,18,19,20,21). The lowest BCUT2D eigenvalue weighted by Gasteiger charge is -2.09. The van der Waals surface area contributed by atoms with Gasteiger partial charge in [-0.1, -0.05) is 13.8 Å². The van der Waals surface area contributed by atoms with Crippen molar-refractivity contribution in [3.8, 4) is 0 Å². The molecule has 0 atom stereocenters. The summed E-state index contributed by atoms with van der Waals surface area (Å²) in [6, 6.07) is 8.31. The predicted molar refractivity (Wildman–Crippen MR) is 97.0 cm³/mol. The van der Waals surface area contributed by atoms with Crippen LogP contribution in [0.15, 0.2) is 35.1 Å². The second kappa shape index (κ2) is 8.54. The number of carbonyl (C=O) groups is 1. The van der Waals surface area contributed by atoms with Gasteiger partial charge in [-0.2, -0.15) is 11.8 Å². The highest BCUT2D eigenvalue weighted by Crippen LogP contribution is 2.17. The summed E-state index contributed by atoms with van der Waals surface area (Å²) < 4.78 is 4.94. The van der Waals surface area contributed by atoms with Crippen molar-refractivity contribution in [3.63, 3.8) is 0 Å². The fraction of sp³-hybridized carbons (Fsp3) is 0.353. The van der Waals surface area contributed by atoms with Crippen LogP contribution in [-0.4, -0.2) is 27.8 Å². The van der Waals surface area contributed by atoms with E-state index in [0.717, 1.165) is 11.4 Å². The Balaban J connectivity index is 2.10. The number of hydrogen-bond donors (Lipinski definition) is 2. The Bertz CT molecular complexity index is 741. The van der Waals surface area contributed by atoms with Crippen LogP contribution in [0.1, 0.15) is 36.8 Å². The largest absolute Gasteiger partial charge is 0.462 e. The average Bonchev–Trinajstić information content (AvgIpc) is 2.53. The predicted octanol–water partition coefficient (Wildman–Crippen LogP) is 3.33. The van der Waals surface area contributed by atoms with Crippen molar-refractivity contribution in [2.75, 3.05) is 11.9 Å². The van der Waals surface area contributed by atoms with Crippen molar-refractivity contribution >= 4 is 29.4 Å². The molecule has 0 unspecified atom stereocenters. The Morgan fingerprint density at radius 2 is 2.04 bits per heavy atom. The van der Waals surface area contributed by atoms with Gasteiger partial charge in [-0.3, -0.25) is 9.78 Å². The van der Waals surface area contributed by atoms with Crippen molar-refractivity contribution < 1.29 is 9.53 Å². The summed E-state index contributed by atoms with van der Waals surface area (Å²) in [4.78, 5) is 30.5. The molecule has 7 heteroatoms. The summed E-state index contributed by atoms with van der Waals surface area (Å²) in [5.74, 6) is 0.701. The van der Waals surface area contributed by atoms with E-state index in [2.05, 4.69) is 29.1 Å². The molecule has 2 rings (SSSR count). The van der Waals surface area contributed by atoms with Gasteiger partial charge in [0, 0.05) is 17.5 Å². The molecule has 1 aromatic heterocycles. The lowest BCUT2D eigenvalue weighted by molar-refractivity contribution is 0.0526. The maximum Gasteiger partial charge on any atom is 0.338 e. The van der Waals surface area contributed by atoms with Crippen LogP contribution in [0, 0.1) is 0 Å². The highest BCUT2D eigenvalue weighted by Gasteiger charge is 2.07. The van der Waals surface area contributed by atoms with Crippen LogP contribution in [0.5, 0.6) is 0 Å². The van der Waals surface area contributed by atoms with E-state index in [1.54, 1.807) is 43.0 Å². The van der Waals surface area contributed by atoms with Gasteiger partial charge in [-0.05, 0) is 36.4 Å². The highest BCUT2D eigenvalue weighted by atomic mass is 32.2. The van der Waals surface area contributed by atoms with Crippen LogP contribution in [-0.2, 0) is 10.5 Å². The molecule has 1 heterocycles. The molecule has 0 bridgehead atoms. The zero-order valence-electron chi connectivity index (χ0n) is 14.0. The highest BCUT2D eigenvalue weighted by molar-refractivity contribution is 7.99. The molecule has 0 aliphatic carbocycles. The monoisotopic (exact) mass is 347 g/mol. The normalized spacial score (nSPS) is 10.7. The number of H-pyrrole nitrogens is 1. The molecule has 0 amide bonds. The fourth-order valence-electron chi connectivity index (χ4n) is 1.93. The molecule has 24 heavy (non-hydrogen) atoms. The number of ether oxygens (including phenoxy) is 1. The van der Waals surface area contributed by atoms with Crippen molar-refractivity contribution in [2.24, 2.45) is 0 Å². The Morgan fingerprint density at radius 3 is 2.67 bits per heavy atom. The lowest BCUT2D eigenvalue weighted by atomic mass is 10.2. The summed E-state index contributed by atoms with van der Waals surface area (Å²) in [6.07, 6.45) is 0. The summed E-state index contributed by atoms with van der Waals surface area (Å²) in [5.41, 5.74) is 1.73. The van der Waals surface area contributed by atoms with Gasteiger partial charge in [0.1, 0.15) is 0 Å². The van der Waals surface area contributed by atoms with Gasteiger partial charge >= 0.3 is 5.97 Å². The van der Waals surface area contributed by atoms with Gasteiger partial charge < -0.3 is 10.1 Å². The second-order valence-corrected chi connectivity index (χ2v) is 6.93. The van der Waals surface area contributed by atoms with Crippen LogP contribution in [0.4, 0.5) is 11.6 Å². The zero-order valence-corrected chi connectivity index (χ0v) is 14.8. The third kappa shape index (κ3) is 5.42. The quantitative estimate of drug-likeness (QED) is 0.748. The Hall–Kier alpha value is -2.28. The molecule has 0 spiro atoms. The Labute approximate surface area is 145 Å². The molecule has 2 N–H and O–H groups in total. The minimum absolute atomic E-state index is 0.199. The zero-order chi connectivity index (χ0) is 17.5. The third-order valence-corrected chi connectivity index (χ3v) is 4.15. The number of esters is 1. The van der Waals surface area contributed by atoms with Crippen LogP contribution in [0.2, 0.25) is 0 Å². The molecular weight excluding hydrogens is 326 g/mol. The maximum atomic E-state index is 11.8. The fourth-order valence-corrected chi connectivity index (χ4v) is 2.59. The summed E-state index contributed by atoms with van der Waals surface area (Å²) >= 11 is 1.72. The third-order valence-electron chi connectivity index (χ3n) is 3.02. The van der Waals surface area contributed by atoms with E-state index in [9.17, 15) is 9.59 Å². The lowest BCUT2D eigenvalue weighted by Crippen LogP contribution is -2.12. The molecule has 0 aliphatic rings. The maximum absolute atomic E-state index is 11.8. The molecule has 0 aliphatic heterocycles. The number of hydrogen-bond acceptors (Lipinski definition) is 6. The minimum Gasteiger partial charge on any atom is -0.462 e. The molecule has 1 aromatic carbocycles. The van der Waals surface area contributed by atoms with Gasteiger partial charge in [-0.25, -0.2) is 9.78 Å². The van der Waals surface area contributed by atoms with E-state index < -0.39 is 0 Å². The molecule has 0 saturated carbocycles. The van der Waals surface area contributed by atoms with Crippen molar-refractivity contribution in [1.29, 1.82) is 0 Å². The van der Waals surface area contributed by atoms with Crippen LogP contribution < -0.4 is 10.9 Å². The number of carbonyl (C=O) groups excluding carboxylic acids is 1.